The standard InChI is InChI=1S/C48H97N2O6P/c1-6-8-10-12-14-16-18-20-22-23-24-25-26-27-28-30-32-34-36-38-40-42-48(52)49-46(45-56-57(53,54)55-44-43-50(3,4)5)47(51)41-39-37-35-33-31-29-21-19-17-15-13-11-9-7-2/h20,22,46-47,51H,6-19,21,23-45H2,1-5H3,(H-,49,52,53,54)/b22-20-/t46-,47+/m0/s1. The lowest BCUT2D eigenvalue weighted by atomic mass is 10.0. The van der Waals surface area contributed by atoms with Crippen molar-refractivity contribution in [2.24, 2.45) is 0 Å². The Morgan fingerprint density at radius 1 is 0.596 bits per heavy atom. The van der Waals surface area contributed by atoms with E-state index in [9.17, 15) is 19.4 Å². The fourth-order valence-electron chi connectivity index (χ4n) is 7.33. The highest BCUT2D eigenvalue weighted by atomic mass is 31.2. The van der Waals surface area contributed by atoms with E-state index in [0.717, 1.165) is 38.5 Å². The molecule has 8 nitrogen and oxygen atoms in total. The Hall–Kier alpha value is -0.760. The molecule has 0 aliphatic carbocycles. The van der Waals surface area contributed by atoms with Crippen LogP contribution in [-0.2, 0) is 18.4 Å². The minimum absolute atomic E-state index is 0.0143. The van der Waals surface area contributed by atoms with Gasteiger partial charge in [0.2, 0.25) is 5.91 Å². The zero-order valence-electron chi connectivity index (χ0n) is 38.6. The van der Waals surface area contributed by atoms with E-state index in [-0.39, 0.29) is 19.1 Å². The van der Waals surface area contributed by atoms with Crippen LogP contribution in [0.5, 0.6) is 0 Å². The number of unbranched alkanes of at least 4 members (excludes halogenated alkanes) is 30. The van der Waals surface area contributed by atoms with Crippen LogP contribution in [0.15, 0.2) is 12.2 Å². The number of phosphoric acid groups is 1. The van der Waals surface area contributed by atoms with Gasteiger partial charge in [-0.2, -0.15) is 0 Å². The van der Waals surface area contributed by atoms with Crippen LogP contribution in [0, 0.1) is 0 Å². The summed E-state index contributed by atoms with van der Waals surface area (Å²) in [5, 5.41) is 13.9. The van der Waals surface area contributed by atoms with Crippen molar-refractivity contribution in [1.29, 1.82) is 0 Å². The van der Waals surface area contributed by atoms with E-state index in [1.807, 2.05) is 21.1 Å². The van der Waals surface area contributed by atoms with Crippen molar-refractivity contribution >= 4 is 13.7 Å². The van der Waals surface area contributed by atoms with Gasteiger partial charge in [-0.05, 0) is 38.5 Å². The predicted octanol–water partition coefficient (Wildman–Crippen LogP) is 13.3. The second kappa shape index (κ2) is 40.6. The first-order chi connectivity index (χ1) is 27.5. The quantitative estimate of drug-likeness (QED) is 0.0274. The Kier molecular flexibility index (Phi) is 40.1. The molecule has 0 spiro atoms. The number of carbonyl (C=O) groups is 1. The number of quaternary nitrogens is 1. The minimum Gasteiger partial charge on any atom is -0.756 e. The lowest BCUT2D eigenvalue weighted by Gasteiger charge is -2.30. The molecule has 0 aromatic heterocycles. The van der Waals surface area contributed by atoms with Crippen LogP contribution in [0.4, 0.5) is 0 Å². The molecule has 1 unspecified atom stereocenters. The molecule has 9 heteroatoms. The molecular formula is C48H97N2O6P. The molecular weight excluding hydrogens is 732 g/mol. The first-order valence-corrected chi connectivity index (χ1v) is 26.0. The molecule has 3 atom stereocenters. The van der Waals surface area contributed by atoms with E-state index in [4.69, 9.17) is 9.05 Å². The number of aliphatic hydroxyl groups is 1. The summed E-state index contributed by atoms with van der Waals surface area (Å²) in [6.45, 7) is 4.73. The average molecular weight is 829 g/mol. The molecule has 0 radical (unpaired) electrons. The lowest BCUT2D eigenvalue weighted by molar-refractivity contribution is -0.870. The van der Waals surface area contributed by atoms with Crippen LogP contribution in [0.1, 0.15) is 239 Å². The second-order valence-electron chi connectivity index (χ2n) is 18.2. The Bertz CT molecular complexity index is 942. The number of amides is 1. The van der Waals surface area contributed by atoms with Crippen LogP contribution in [0.25, 0.3) is 0 Å². The lowest BCUT2D eigenvalue weighted by Crippen LogP contribution is -2.46. The van der Waals surface area contributed by atoms with Crippen LogP contribution in [-0.4, -0.2) is 68.5 Å². The van der Waals surface area contributed by atoms with Gasteiger partial charge in [0.05, 0.1) is 39.9 Å². The van der Waals surface area contributed by atoms with Crippen molar-refractivity contribution < 1.29 is 32.9 Å². The van der Waals surface area contributed by atoms with E-state index in [0.29, 0.717) is 23.9 Å². The topological polar surface area (TPSA) is 108 Å². The summed E-state index contributed by atoms with van der Waals surface area (Å²) < 4.78 is 23.3. The van der Waals surface area contributed by atoms with Gasteiger partial charge in [0.15, 0.2) is 0 Å². The first-order valence-electron chi connectivity index (χ1n) is 24.5. The van der Waals surface area contributed by atoms with E-state index in [1.165, 1.54) is 173 Å². The molecule has 57 heavy (non-hydrogen) atoms. The van der Waals surface area contributed by atoms with Crippen molar-refractivity contribution in [2.45, 2.75) is 251 Å². The summed E-state index contributed by atoms with van der Waals surface area (Å²) in [7, 11) is 1.31. The summed E-state index contributed by atoms with van der Waals surface area (Å²) in [5.41, 5.74) is 0. The summed E-state index contributed by atoms with van der Waals surface area (Å²) >= 11 is 0. The molecule has 0 bridgehead atoms. The minimum atomic E-state index is -4.56. The van der Waals surface area contributed by atoms with Gasteiger partial charge >= 0.3 is 0 Å². The van der Waals surface area contributed by atoms with Gasteiger partial charge in [-0.1, -0.05) is 206 Å². The third-order valence-corrected chi connectivity index (χ3v) is 12.2. The number of hydrogen-bond acceptors (Lipinski definition) is 6. The van der Waals surface area contributed by atoms with E-state index >= 15 is 0 Å². The van der Waals surface area contributed by atoms with Crippen molar-refractivity contribution in [2.75, 3.05) is 40.9 Å². The number of carbonyl (C=O) groups excluding carboxylic acids is 1. The number of nitrogens with one attached hydrogen (secondary N) is 1. The molecule has 2 N–H and O–H groups in total. The molecule has 0 saturated carbocycles. The molecule has 0 aromatic rings. The van der Waals surface area contributed by atoms with E-state index in [2.05, 4.69) is 31.3 Å². The smallest absolute Gasteiger partial charge is 0.268 e. The maximum absolute atomic E-state index is 12.9. The van der Waals surface area contributed by atoms with Gasteiger partial charge in [-0.15, -0.1) is 0 Å². The number of nitrogens with zero attached hydrogens (tertiary/aromatic N) is 1. The van der Waals surface area contributed by atoms with Gasteiger partial charge in [-0.25, -0.2) is 0 Å². The van der Waals surface area contributed by atoms with E-state index < -0.39 is 20.0 Å². The van der Waals surface area contributed by atoms with Gasteiger partial charge in [-0.3, -0.25) is 9.36 Å². The molecule has 0 aromatic carbocycles. The van der Waals surface area contributed by atoms with Gasteiger partial charge in [0, 0.05) is 6.42 Å². The summed E-state index contributed by atoms with van der Waals surface area (Å²) in [6, 6.07) is -0.796. The van der Waals surface area contributed by atoms with Crippen LogP contribution >= 0.6 is 7.82 Å². The molecule has 0 saturated heterocycles. The summed E-state index contributed by atoms with van der Waals surface area (Å²) in [4.78, 5) is 25.4. The number of aliphatic hydroxyl groups excluding tert-OH is 1. The van der Waals surface area contributed by atoms with Crippen molar-refractivity contribution in [3.05, 3.63) is 12.2 Å². The van der Waals surface area contributed by atoms with Gasteiger partial charge in [0.1, 0.15) is 13.2 Å². The predicted molar refractivity (Wildman–Crippen MR) is 242 cm³/mol. The van der Waals surface area contributed by atoms with E-state index in [1.54, 1.807) is 0 Å². The highest BCUT2D eigenvalue weighted by Gasteiger charge is 2.24. The van der Waals surface area contributed by atoms with Crippen molar-refractivity contribution in [1.82, 2.24) is 5.32 Å². The molecule has 0 fully saturated rings. The molecule has 0 aliphatic rings. The SMILES string of the molecule is CCCCCCCC/C=C\CCCCCCCCCCCCCC(=O)N[C@@H](COP(=O)([O-])OCC[N+](C)(C)C)[C@H](O)CCCCCCCCCCCCCCCC. The van der Waals surface area contributed by atoms with Crippen LogP contribution in [0.3, 0.4) is 0 Å². The zero-order chi connectivity index (χ0) is 42.1. The first kappa shape index (κ1) is 56.2. The Morgan fingerprint density at radius 3 is 1.37 bits per heavy atom. The third kappa shape index (κ3) is 43.1. The fourth-order valence-corrected chi connectivity index (χ4v) is 8.05. The monoisotopic (exact) mass is 829 g/mol. The third-order valence-electron chi connectivity index (χ3n) is 11.3. The van der Waals surface area contributed by atoms with Crippen LogP contribution in [0.2, 0.25) is 0 Å². The summed E-state index contributed by atoms with van der Waals surface area (Å²) in [6.07, 6.45) is 46.4. The number of hydrogen-bond donors (Lipinski definition) is 2. The number of likely N-dealkylation sites (N-methyl/N-ethyl adjacent to an activating group) is 1. The Labute approximate surface area is 354 Å². The average Bonchev–Trinajstić information content (AvgIpc) is 3.16. The second-order valence-corrected chi connectivity index (χ2v) is 19.6. The van der Waals surface area contributed by atoms with Crippen LogP contribution < -0.4 is 10.2 Å². The molecule has 1 amide bonds. The largest absolute Gasteiger partial charge is 0.756 e. The molecule has 340 valence electrons. The highest BCUT2D eigenvalue weighted by molar-refractivity contribution is 7.45. The van der Waals surface area contributed by atoms with Gasteiger partial charge < -0.3 is 28.8 Å². The number of allylic oxidation sites excluding steroid dienone is 2. The fraction of sp³-hybridized carbons (Fsp3) is 0.938. The summed E-state index contributed by atoms with van der Waals surface area (Å²) in [5.74, 6) is -0.163. The zero-order valence-corrected chi connectivity index (χ0v) is 39.5. The normalized spacial score (nSPS) is 14.3. The molecule has 0 aliphatic heterocycles. The maximum Gasteiger partial charge on any atom is 0.268 e. The number of phosphoric ester groups is 1. The van der Waals surface area contributed by atoms with Crippen molar-refractivity contribution in [3.63, 3.8) is 0 Å². The molecule has 0 rings (SSSR count). The maximum atomic E-state index is 12.9. The Balaban J connectivity index is 4.24. The van der Waals surface area contributed by atoms with Gasteiger partial charge in [0.25, 0.3) is 7.82 Å². The highest BCUT2D eigenvalue weighted by Crippen LogP contribution is 2.38. The number of rotatable bonds is 45. The Morgan fingerprint density at radius 2 is 0.965 bits per heavy atom. The van der Waals surface area contributed by atoms with Crippen molar-refractivity contribution in [3.8, 4) is 0 Å². The molecule has 0 heterocycles.